The second kappa shape index (κ2) is 8.78. The summed E-state index contributed by atoms with van der Waals surface area (Å²) in [7, 11) is 0. The predicted octanol–water partition coefficient (Wildman–Crippen LogP) is 4.67. The van der Waals surface area contributed by atoms with Crippen LogP contribution in [0, 0.1) is 6.92 Å². The fourth-order valence-corrected chi connectivity index (χ4v) is 3.23. The van der Waals surface area contributed by atoms with Crippen LogP contribution in [0.1, 0.15) is 24.8 Å². The molecule has 0 bridgehead atoms. The zero-order chi connectivity index (χ0) is 20.9. The molecule has 1 unspecified atom stereocenters. The van der Waals surface area contributed by atoms with Crippen molar-refractivity contribution in [3.05, 3.63) is 78.2 Å². The quantitative estimate of drug-likeness (QED) is 0.487. The number of ether oxygens (including phenoxy) is 1. The van der Waals surface area contributed by atoms with Crippen LogP contribution >= 0.6 is 0 Å². The molecule has 3 aromatic carbocycles. The number of amides is 1. The molecule has 0 aliphatic carbocycles. The molecule has 6 heteroatoms. The maximum atomic E-state index is 12.6. The number of nitrogens with zero attached hydrogens (tertiary/aromatic N) is 2. The molecule has 1 amide bonds. The molecule has 1 aromatic heterocycles. The van der Waals surface area contributed by atoms with Crippen molar-refractivity contribution in [2.45, 2.75) is 32.9 Å². The lowest BCUT2D eigenvalue weighted by Gasteiger charge is -2.17. The minimum absolute atomic E-state index is 0.148. The number of fused-ring (bicyclic) bond motifs is 1. The van der Waals surface area contributed by atoms with Crippen LogP contribution in [-0.4, -0.2) is 22.2 Å². The molecule has 4 aromatic rings. The van der Waals surface area contributed by atoms with Gasteiger partial charge in [-0.2, -0.15) is 4.98 Å². The first-order chi connectivity index (χ1) is 14.6. The zero-order valence-corrected chi connectivity index (χ0v) is 17.0. The van der Waals surface area contributed by atoms with Gasteiger partial charge in [-0.1, -0.05) is 66.2 Å². The van der Waals surface area contributed by atoms with E-state index in [1.54, 1.807) is 0 Å². The van der Waals surface area contributed by atoms with Crippen molar-refractivity contribution in [1.82, 2.24) is 15.5 Å². The SMILES string of the molecule is CCC(Oc1ccc2ccccc2c1)C(=O)NCc1nc(-c2cccc(C)c2)no1. The van der Waals surface area contributed by atoms with Crippen LogP contribution in [0.15, 0.2) is 71.3 Å². The van der Waals surface area contributed by atoms with Crippen LogP contribution in [0.4, 0.5) is 0 Å². The van der Waals surface area contributed by atoms with Gasteiger partial charge >= 0.3 is 0 Å². The molecular formula is C24H23N3O3. The number of hydrogen-bond acceptors (Lipinski definition) is 5. The first-order valence-corrected chi connectivity index (χ1v) is 9.95. The maximum Gasteiger partial charge on any atom is 0.261 e. The van der Waals surface area contributed by atoms with Gasteiger partial charge < -0.3 is 14.6 Å². The van der Waals surface area contributed by atoms with Crippen molar-refractivity contribution in [3.8, 4) is 17.1 Å². The number of rotatable bonds is 7. The van der Waals surface area contributed by atoms with E-state index < -0.39 is 6.10 Å². The molecule has 0 aliphatic heterocycles. The molecule has 152 valence electrons. The van der Waals surface area contributed by atoms with Gasteiger partial charge in [0.05, 0.1) is 6.54 Å². The van der Waals surface area contributed by atoms with Crippen molar-refractivity contribution in [1.29, 1.82) is 0 Å². The van der Waals surface area contributed by atoms with Crippen molar-refractivity contribution in [2.24, 2.45) is 0 Å². The van der Waals surface area contributed by atoms with Gasteiger partial charge in [-0.3, -0.25) is 4.79 Å². The molecule has 4 rings (SSSR count). The summed E-state index contributed by atoms with van der Waals surface area (Å²) in [4.78, 5) is 17.0. The molecule has 30 heavy (non-hydrogen) atoms. The number of aromatic nitrogens is 2. The summed E-state index contributed by atoms with van der Waals surface area (Å²) in [6.07, 6.45) is -0.0675. The lowest BCUT2D eigenvalue weighted by molar-refractivity contribution is -0.128. The van der Waals surface area contributed by atoms with E-state index in [0.717, 1.165) is 21.9 Å². The van der Waals surface area contributed by atoms with Crippen LogP contribution in [0.5, 0.6) is 5.75 Å². The van der Waals surface area contributed by atoms with E-state index in [4.69, 9.17) is 9.26 Å². The predicted molar refractivity (Wildman–Crippen MR) is 115 cm³/mol. The molecule has 0 saturated carbocycles. The van der Waals surface area contributed by atoms with E-state index in [1.165, 1.54) is 0 Å². The zero-order valence-electron chi connectivity index (χ0n) is 17.0. The molecule has 6 nitrogen and oxygen atoms in total. The van der Waals surface area contributed by atoms with Gasteiger partial charge in [0.15, 0.2) is 6.10 Å². The van der Waals surface area contributed by atoms with E-state index >= 15 is 0 Å². The molecule has 1 atom stereocenters. The van der Waals surface area contributed by atoms with Crippen LogP contribution in [0.2, 0.25) is 0 Å². The minimum Gasteiger partial charge on any atom is -0.481 e. The van der Waals surface area contributed by atoms with Crippen molar-refractivity contribution >= 4 is 16.7 Å². The van der Waals surface area contributed by atoms with Crippen molar-refractivity contribution in [2.75, 3.05) is 0 Å². The van der Waals surface area contributed by atoms with Gasteiger partial charge in [-0.05, 0) is 42.3 Å². The largest absolute Gasteiger partial charge is 0.481 e. The Morgan fingerprint density at radius 1 is 1.07 bits per heavy atom. The fraction of sp³-hybridized carbons (Fsp3) is 0.208. The second-order valence-corrected chi connectivity index (χ2v) is 7.12. The number of hydrogen-bond donors (Lipinski definition) is 1. The number of aryl methyl sites for hydroxylation is 1. The molecule has 0 aliphatic rings. The number of carbonyl (C=O) groups is 1. The Labute approximate surface area is 174 Å². The second-order valence-electron chi connectivity index (χ2n) is 7.12. The Balaban J connectivity index is 1.38. The molecule has 1 heterocycles. The first kappa shape index (κ1) is 19.6. The monoisotopic (exact) mass is 401 g/mol. The van der Waals surface area contributed by atoms with Gasteiger partial charge in [0.1, 0.15) is 5.75 Å². The number of benzene rings is 3. The van der Waals surface area contributed by atoms with E-state index in [1.807, 2.05) is 80.6 Å². The topological polar surface area (TPSA) is 77.2 Å². The summed E-state index contributed by atoms with van der Waals surface area (Å²) in [5.74, 6) is 1.29. The Kier molecular flexibility index (Phi) is 5.75. The van der Waals surface area contributed by atoms with E-state index in [0.29, 0.717) is 23.9 Å². The molecule has 0 radical (unpaired) electrons. The Morgan fingerprint density at radius 2 is 1.90 bits per heavy atom. The fourth-order valence-electron chi connectivity index (χ4n) is 3.23. The van der Waals surface area contributed by atoms with Crippen LogP contribution in [0.3, 0.4) is 0 Å². The Hall–Kier alpha value is -3.67. The summed E-state index contributed by atoms with van der Waals surface area (Å²) in [5, 5.41) is 9.02. The van der Waals surface area contributed by atoms with Crippen LogP contribution in [-0.2, 0) is 11.3 Å². The van der Waals surface area contributed by atoms with Crippen LogP contribution < -0.4 is 10.1 Å². The third-order valence-corrected chi connectivity index (χ3v) is 4.82. The summed E-state index contributed by atoms with van der Waals surface area (Å²) in [6.45, 7) is 4.06. The van der Waals surface area contributed by atoms with Gasteiger partial charge in [0.2, 0.25) is 11.7 Å². The number of carbonyl (C=O) groups excluding carboxylic acids is 1. The third kappa shape index (κ3) is 4.49. The standard InChI is InChI=1S/C24H23N3O3/c1-3-21(29-20-12-11-17-8-4-5-9-18(17)14-20)24(28)25-15-22-26-23(27-30-22)19-10-6-7-16(2)13-19/h4-14,21H,3,15H2,1-2H3,(H,25,28). The van der Waals surface area contributed by atoms with Gasteiger partial charge in [-0.15, -0.1) is 0 Å². The summed E-state index contributed by atoms with van der Waals surface area (Å²) < 4.78 is 11.2. The summed E-state index contributed by atoms with van der Waals surface area (Å²) >= 11 is 0. The van der Waals surface area contributed by atoms with E-state index in [2.05, 4.69) is 15.5 Å². The van der Waals surface area contributed by atoms with Crippen LogP contribution in [0.25, 0.3) is 22.2 Å². The Morgan fingerprint density at radius 3 is 2.70 bits per heavy atom. The smallest absolute Gasteiger partial charge is 0.261 e. The molecular weight excluding hydrogens is 378 g/mol. The average Bonchev–Trinajstić information content (AvgIpc) is 3.25. The van der Waals surface area contributed by atoms with E-state index in [-0.39, 0.29) is 12.5 Å². The van der Waals surface area contributed by atoms with Gasteiger partial charge in [0, 0.05) is 5.56 Å². The molecule has 0 saturated heterocycles. The lowest BCUT2D eigenvalue weighted by Crippen LogP contribution is -2.37. The highest BCUT2D eigenvalue weighted by atomic mass is 16.5. The van der Waals surface area contributed by atoms with E-state index in [9.17, 15) is 4.79 Å². The highest BCUT2D eigenvalue weighted by molar-refractivity contribution is 5.84. The van der Waals surface area contributed by atoms with Gasteiger partial charge in [0.25, 0.3) is 5.91 Å². The maximum absolute atomic E-state index is 12.6. The third-order valence-electron chi connectivity index (χ3n) is 4.82. The highest BCUT2D eigenvalue weighted by Crippen LogP contribution is 2.22. The van der Waals surface area contributed by atoms with Crippen molar-refractivity contribution in [3.63, 3.8) is 0 Å². The van der Waals surface area contributed by atoms with Gasteiger partial charge in [-0.25, -0.2) is 0 Å². The first-order valence-electron chi connectivity index (χ1n) is 9.95. The summed E-state index contributed by atoms with van der Waals surface area (Å²) in [6, 6.07) is 21.7. The molecule has 0 fully saturated rings. The normalized spacial score (nSPS) is 11.9. The van der Waals surface area contributed by atoms with Crippen molar-refractivity contribution < 1.29 is 14.1 Å². The Bertz CT molecular complexity index is 1170. The minimum atomic E-state index is -0.606. The number of nitrogens with one attached hydrogen (secondary N) is 1. The average molecular weight is 401 g/mol. The molecule has 1 N–H and O–H groups in total. The highest BCUT2D eigenvalue weighted by Gasteiger charge is 2.19. The molecule has 0 spiro atoms. The summed E-state index contributed by atoms with van der Waals surface area (Å²) in [5.41, 5.74) is 1.99. The lowest BCUT2D eigenvalue weighted by atomic mass is 10.1.